The molecule has 0 aliphatic carbocycles. The maximum atomic E-state index is 8.84. The van der Waals surface area contributed by atoms with Gasteiger partial charge in [-0.1, -0.05) is 12.1 Å². The standard InChI is InChI=1S/C16H18N4S.2ClH/c1-20(14-6-8-18-9-7-14)16-19-15(11-21-16)13-4-2-12(10-17)3-5-13;;/h2-5,11,14,18H,6-9H2,1H3;2*1H. The van der Waals surface area contributed by atoms with Crippen LogP contribution in [-0.2, 0) is 0 Å². The number of aromatic nitrogens is 1. The first kappa shape index (κ1) is 19.7. The van der Waals surface area contributed by atoms with Gasteiger partial charge in [-0.15, -0.1) is 36.2 Å². The van der Waals surface area contributed by atoms with Gasteiger partial charge < -0.3 is 10.2 Å². The summed E-state index contributed by atoms with van der Waals surface area (Å²) < 4.78 is 0. The van der Waals surface area contributed by atoms with Crippen LogP contribution in [0.4, 0.5) is 5.13 Å². The number of thiazole rings is 1. The Balaban J connectivity index is 0.00000132. The second-order valence-corrected chi connectivity index (χ2v) is 6.13. The lowest BCUT2D eigenvalue weighted by Gasteiger charge is -2.31. The van der Waals surface area contributed by atoms with Crippen molar-refractivity contribution in [1.82, 2.24) is 10.3 Å². The maximum absolute atomic E-state index is 8.84. The van der Waals surface area contributed by atoms with Crippen LogP contribution in [0.25, 0.3) is 11.3 Å². The third kappa shape index (κ3) is 4.58. The number of rotatable bonds is 3. The van der Waals surface area contributed by atoms with E-state index in [4.69, 9.17) is 10.2 Å². The first-order valence-electron chi connectivity index (χ1n) is 7.17. The summed E-state index contributed by atoms with van der Waals surface area (Å²) in [7, 11) is 2.14. The molecule has 1 aliphatic rings. The molecule has 1 aliphatic heterocycles. The number of nitriles is 1. The van der Waals surface area contributed by atoms with Gasteiger partial charge in [0.05, 0.1) is 17.3 Å². The lowest BCUT2D eigenvalue weighted by atomic mass is 10.1. The number of nitrogens with zero attached hydrogens (tertiary/aromatic N) is 3. The van der Waals surface area contributed by atoms with Crippen molar-refractivity contribution in [2.75, 3.05) is 25.0 Å². The molecule has 1 aromatic carbocycles. The smallest absolute Gasteiger partial charge is 0.185 e. The first-order valence-corrected chi connectivity index (χ1v) is 8.05. The van der Waals surface area contributed by atoms with Crippen molar-refractivity contribution in [2.24, 2.45) is 0 Å². The molecule has 1 aromatic heterocycles. The number of nitrogens with one attached hydrogen (secondary N) is 1. The van der Waals surface area contributed by atoms with Crippen LogP contribution in [0.1, 0.15) is 18.4 Å². The Morgan fingerprint density at radius 2 is 1.87 bits per heavy atom. The summed E-state index contributed by atoms with van der Waals surface area (Å²) in [6, 6.07) is 10.3. The van der Waals surface area contributed by atoms with E-state index < -0.39 is 0 Å². The van der Waals surface area contributed by atoms with Crippen LogP contribution in [0.3, 0.4) is 0 Å². The van der Waals surface area contributed by atoms with Crippen LogP contribution >= 0.6 is 36.2 Å². The molecule has 7 heteroatoms. The number of hydrogen-bond acceptors (Lipinski definition) is 5. The summed E-state index contributed by atoms with van der Waals surface area (Å²) in [5, 5.41) is 15.4. The predicted molar refractivity (Wildman–Crippen MR) is 101 cm³/mol. The van der Waals surface area contributed by atoms with Gasteiger partial charge in [0.1, 0.15) is 0 Å². The highest BCUT2D eigenvalue weighted by atomic mass is 35.5. The third-order valence-corrected chi connectivity index (χ3v) is 4.89. The summed E-state index contributed by atoms with van der Waals surface area (Å²) in [6.45, 7) is 2.17. The SMILES string of the molecule is CN(c1nc(-c2ccc(C#N)cc2)cs1)C1CCNCC1.Cl.Cl. The average molecular weight is 371 g/mol. The Morgan fingerprint density at radius 1 is 1.22 bits per heavy atom. The van der Waals surface area contributed by atoms with Crippen LogP contribution in [0.15, 0.2) is 29.6 Å². The fourth-order valence-electron chi connectivity index (χ4n) is 2.62. The van der Waals surface area contributed by atoms with Crippen molar-refractivity contribution < 1.29 is 0 Å². The molecule has 1 fully saturated rings. The number of halogens is 2. The van der Waals surface area contributed by atoms with E-state index >= 15 is 0 Å². The summed E-state index contributed by atoms with van der Waals surface area (Å²) >= 11 is 1.69. The quantitative estimate of drug-likeness (QED) is 0.894. The van der Waals surface area contributed by atoms with Crippen molar-refractivity contribution in [3.63, 3.8) is 0 Å². The summed E-state index contributed by atoms with van der Waals surface area (Å²) in [4.78, 5) is 7.06. The van der Waals surface area contributed by atoms with E-state index in [0.717, 1.165) is 29.5 Å². The predicted octanol–water partition coefficient (Wildman–Crippen LogP) is 3.71. The van der Waals surface area contributed by atoms with E-state index in [2.05, 4.69) is 28.7 Å². The lowest BCUT2D eigenvalue weighted by molar-refractivity contribution is 0.443. The molecule has 23 heavy (non-hydrogen) atoms. The lowest BCUT2D eigenvalue weighted by Crippen LogP contribution is -2.41. The van der Waals surface area contributed by atoms with Gasteiger partial charge >= 0.3 is 0 Å². The average Bonchev–Trinajstić information content (AvgIpc) is 3.05. The highest BCUT2D eigenvalue weighted by Crippen LogP contribution is 2.29. The van der Waals surface area contributed by atoms with Gasteiger partial charge in [-0.2, -0.15) is 5.26 Å². The fraction of sp³-hybridized carbons (Fsp3) is 0.375. The normalized spacial score (nSPS) is 14.3. The van der Waals surface area contributed by atoms with E-state index in [9.17, 15) is 0 Å². The maximum Gasteiger partial charge on any atom is 0.185 e. The zero-order chi connectivity index (χ0) is 14.7. The molecular formula is C16H20Cl2N4S. The van der Waals surface area contributed by atoms with Crippen LogP contribution in [0.5, 0.6) is 0 Å². The van der Waals surface area contributed by atoms with Gasteiger partial charge in [-0.25, -0.2) is 4.98 Å². The molecule has 4 nitrogen and oxygen atoms in total. The molecule has 0 amide bonds. The summed E-state index contributed by atoms with van der Waals surface area (Å²) in [5.74, 6) is 0. The Hall–Kier alpha value is -1.32. The topological polar surface area (TPSA) is 52.0 Å². The minimum atomic E-state index is 0. The summed E-state index contributed by atoms with van der Waals surface area (Å²) in [5.41, 5.74) is 2.73. The van der Waals surface area contributed by atoms with Crippen LogP contribution < -0.4 is 10.2 Å². The number of anilines is 1. The second kappa shape index (κ2) is 9.09. The first-order chi connectivity index (χ1) is 10.3. The minimum absolute atomic E-state index is 0. The van der Waals surface area contributed by atoms with Crippen molar-refractivity contribution in [3.05, 3.63) is 35.2 Å². The molecule has 0 radical (unpaired) electrons. The largest absolute Gasteiger partial charge is 0.348 e. The molecule has 1 N–H and O–H groups in total. The minimum Gasteiger partial charge on any atom is -0.348 e. The van der Waals surface area contributed by atoms with E-state index in [1.807, 2.05) is 24.3 Å². The number of piperidine rings is 1. The van der Waals surface area contributed by atoms with Crippen molar-refractivity contribution >= 4 is 41.3 Å². The van der Waals surface area contributed by atoms with Crippen LogP contribution in [-0.4, -0.2) is 31.2 Å². The van der Waals surface area contributed by atoms with Gasteiger partial charge in [0.15, 0.2) is 5.13 Å². The Kier molecular flexibility index (Phi) is 7.80. The number of hydrogen-bond donors (Lipinski definition) is 1. The van der Waals surface area contributed by atoms with E-state index in [0.29, 0.717) is 11.6 Å². The molecule has 1 saturated heterocycles. The second-order valence-electron chi connectivity index (χ2n) is 5.30. The van der Waals surface area contributed by atoms with Gasteiger partial charge in [0.25, 0.3) is 0 Å². The van der Waals surface area contributed by atoms with Gasteiger partial charge in [0.2, 0.25) is 0 Å². The van der Waals surface area contributed by atoms with E-state index in [1.54, 1.807) is 11.3 Å². The molecule has 0 saturated carbocycles. The molecule has 2 aromatic rings. The zero-order valence-corrected chi connectivity index (χ0v) is 15.3. The van der Waals surface area contributed by atoms with E-state index in [-0.39, 0.29) is 24.8 Å². The monoisotopic (exact) mass is 370 g/mol. The van der Waals surface area contributed by atoms with Gasteiger partial charge in [-0.3, -0.25) is 0 Å². The van der Waals surface area contributed by atoms with Crippen LogP contribution in [0, 0.1) is 11.3 Å². The summed E-state index contributed by atoms with van der Waals surface area (Å²) in [6.07, 6.45) is 2.34. The fourth-order valence-corrected chi connectivity index (χ4v) is 3.50. The highest BCUT2D eigenvalue weighted by molar-refractivity contribution is 7.14. The Labute approximate surface area is 153 Å². The van der Waals surface area contributed by atoms with Crippen molar-refractivity contribution in [2.45, 2.75) is 18.9 Å². The molecule has 0 atom stereocenters. The van der Waals surface area contributed by atoms with Crippen molar-refractivity contribution in [1.29, 1.82) is 5.26 Å². The molecule has 3 rings (SSSR count). The molecule has 124 valence electrons. The van der Waals surface area contributed by atoms with Gasteiger partial charge in [-0.05, 0) is 38.1 Å². The van der Waals surface area contributed by atoms with Gasteiger partial charge in [0, 0.05) is 24.0 Å². The van der Waals surface area contributed by atoms with Crippen molar-refractivity contribution in [3.8, 4) is 17.3 Å². The molecule has 0 unspecified atom stereocenters. The third-order valence-electron chi connectivity index (χ3n) is 3.96. The molecule has 2 heterocycles. The molecular weight excluding hydrogens is 351 g/mol. The van der Waals surface area contributed by atoms with Crippen LogP contribution in [0.2, 0.25) is 0 Å². The highest BCUT2D eigenvalue weighted by Gasteiger charge is 2.20. The van der Waals surface area contributed by atoms with E-state index in [1.165, 1.54) is 12.8 Å². The Bertz CT molecular complexity index is 645. The molecule has 0 spiro atoms. The Morgan fingerprint density at radius 3 is 2.48 bits per heavy atom. The zero-order valence-electron chi connectivity index (χ0n) is 12.9. The molecule has 0 bridgehead atoms. The number of benzene rings is 1.